The smallest absolute Gasteiger partial charge is 0.216 e. The van der Waals surface area contributed by atoms with Gasteiger partial charge in [-0.05, 0) is 43.4 Å². The molecule has 0 aromatic heterocycles. The Hall–Kier alpha value is -1.42. The molecule has 1 aliphatic heterocycles. The third-order valence-corrected chi connectivity index (χ3v) is 3.90. The Bertz CT molecular complexity index is 450. The Morgan fingerprint density at radius 2 is 2.25 bits per heavy atom. The molecule has 0 radical (unpaired) electrons. The minimum Gasteiger partial charge on any atom is -0.356 e. The van der Waals surface area contributed by atoms with E-state index in [0.29, 0.717) is 5.92 Å². The quantitative estimate of drug-likeness (QED) is 0.895. The summed E-state index contributed by atoms with van der Waals surface area (Å²) in [6.45, 7) is 5.27. The summed E-state index contributed by atoms with van der Waals surface area (Å²) in [5.41, 5.74) is 0.788. The topological polar surface area (TPSA) is 32.3 Å². The number of hydrogen-bond acceptors (Lipinski definition) is 2. The molecule has 1 aliphatic rings. The molecule has 1 amide bonds. The zero-order valence-corrected chi connectivity index (χ0v) is 12.1. The highest BCUT2D eigenvalue weighted by atomic mass is 19.1. The van der Waals surface area contributed by atoms with Crippen molar-refractivity contribution in [1.82, 2.24) is 10.2 Å². The van der Waals surface area contributed by atoms with Crippen LogP contribution in [0.3, 0.4) is 0 Å². The first-order valence-corrected chi connectivity index (χ1v) is 7.35. The lowest BCUT2D eigenvalue weighted by atomic mass is 9.97. The first-order chi connectivity index (χ1) is 9.65. The first-order valence-electron chi connectivity index (χ1n) is 7.35. The van der Waals surface area contributed by atoms with Crippen molar-refractivity contribution in [3.8, 4) is 0 Å². The van der Waals surface area contributed by atoms with E-state index in [4.69, 9.17) is 0 Å². The van der Waals surface area contributed by atoms with Gasteiger partial charge in [0.2, 0.25) is 5.91 Å². The van der Waals surface area contributed by atoms with Gasteiger partial charge in [0.1, 0.15) is 5.82 Å². The maximum absolute atomic E-state index is 13.6. The van der Waals surface area contributed by atoms with Crippen molar-refractivity contribution in [2.45, 2.75) is 26.2 Å². The number of benzene rings is 1. The molecule has 0 aliphatic carbocycles. The second-order valence-corrected chi connectivity index (χ2v) is 5.59. The molecule has 1 aromatic rings. The van der Waals surface area contributed by atoms with Crippen molar-refractivity contribution in [2.75, 3.05) is 26.2 Å². The molecular weight excluding hydrogens is 255 g/mol. The van der Waals surface area contributed by atoms with Crippen molar-refractivity contribution >= 4 is 5.91 Å². The molecule has 2 rings (SSSR count). The van der Waals surface area contributed by atoms with E-state index in [1.165, 1.54) is 6.07 Å². The highest BCUT2D eigenvalue weighted by molar-refractivity contribution is 5.72. The van der Waals surface area contributed by atoms with E-state index in [2.05, 4.69) is 10.2 Å². The van der Waals surface area contributed by atoms with Gasteiger partial charge in [-0.25, -0.2) is 4.39 Å². The maximum Gasteiger partial charge on any atom is 0.216 e. The molecule has 0 spiro atoms. The van der Waals surface area contributed by atoms with Crippen LogP contribution < -0.4 is 5.32 Å². The SMILES string of the molecule is CC(=O)NCC1CCCN(CCc2ccccc2F)C1. The normalized spacial score (nSPS) is 19.8. The van der Waals surface area contributed by atoms with E-state index in [9.17, 15) is 9.18 Å². The molecule has 1 N–H and O–H groups in total. The maximum atomic E-state index is 13.6. The number of amides is 1. The summed E-state index contributed by atoms with van der Waals surface area (Å²) in [6.07, 6.45) is 3.07. The van der Waals surface area contributed by atoms with Crippen LogP contribution in [-0.4, -0.2) is 37.0 Å². The van der Waals surface area contributed by atoms with Crippen molar-refractivity contribution < 1.29 is 9.18 Å². The lowest BCUT2D eigenvalue weighted by Gasteiger charge is -2.32. The third-order valence-electron chi connectivity index (χ3n) is 3.90. The van der Waals surface area contributed by atoms with Crippen LogP contribution in [-0.2, 0) is 11.2 Å². The predicted molar refractivity (Wildman–Crippen MR) is 78.0 cm³/mol. The average molecular weight is 278 g/mol. The number of piperidine rings is 1. The number of likely N-dealkylation sites (tertiary alicyclic amines) is 1. The molecule has 20 heavy (non-hydrogen) atoms. The molecule has 3 nitrogen and oxygen atoms in total. The third kappa shape index (κ3) is 4.60. The van der Waals surface area contributed by atoms with E-state index in [0.717, 1.165) is 51.0 Å². The fourth-order valence-corrected chi connectivity index (χ4v) is 2.79. The molecule has 1 saturated heterocycles. The Morgan fingerprint density at radius 3 is 3.00 bits per heavy atom. The van der Waals surface area contributed by atoms with Crippen LogP contribution in [0.4, 0.5) is 4.39 Å². The average Bonchev–Trinajstić information content (AvgIpc) is 2.45. The summed E-state index contributed by atoms with van der Waals surface area (Å²) in [5, 5.41) is 2.89. The summed E-state index contributed by atoms with van der Waals surface area (Å²) in [7, 11) is 0. The van der Waals surface area contributed by atoms with Gasteiger partial charge < -0.3 is 10.2 Å². The molecule has 1 heterocycles. The largest absolute Gasteiger partial charge is 0.356 e. The van der Waals surface area contributed by atoms with Crippen molar-refractivity contribution in [3.63, 3.8) is 0 Å². The number of hydrogen-bond donors (Lipinski definition) is 1. The Kier molecular flexibility index (Phi) is 5.53. The van der Waals surface area contributed by atoms with Gasteiger partial charge in [-0.1, -0.05) is 18.2 Å². The molecule has 1 unspecified atom stereocenters. The Morgan fingerprint density at radius 1 is 1.45 bits per heavy atom. The molecule has 0 bridgehead atoms. The highest BCUT2D eigenvalue weighted by Crippen LogP contribution is 2.16. The van der Waals surface area contributed by atoms with Gasteiger partial charge >= 0.3 is 0 Å². The van der Waals surface area contributed by atoms with Crippen LogP contribution in [0.2, 0.25) is 0 Å². The molecule has 1 fully saturated rings. The Balaban J connectivity index is 1.78. The zero-order chi connectivity index (χ0) is 14.4. The van der Waals surface area contributed by atoms with E-state index in [1.807, 2.05) is 12.1 Å². The van der Waals surface area contributed by atoms with E-state index < -0.39 is 0 Å². The lowest BCUT2D eigenvalue weighted by Crippen LogP contribution is -2.41. The van der Waals surface area contributed by atoms with Crippen LogP contribution in [0.25, 0.3) is 0 Å². The molecule has 1 atom stereocenters. The second kappa shape index (κ2) is 7.39. The fourth-order valence-electron chi connectivity index (χ4n) is 2.79. The van der Waals surface area contributed by atoms with Crippen LogP contribution in [0.1, 0.15) is 25.3 Å². The Labute approximate surface area is 120 Å². The molecule has 0 saturated carbocycles. The summed E-state index contributed by atoms with van der Waals surface area (Å²) in [6, 6.07) is 6.98. The zero-order valence-electron chi connectivity index (χ0n) is 12.1. The number of nitrogens with one attached hydrogen (secondary N) is 1. The van der Waals surface area contributed by atoms with Crippen molar-refractivity contribution in [3.05, 3.63) is 35.6 Å². The summed E-state index contributed by atoms with van der Waals surface area (Å²) in [5.74, 6) is 0.445. The molecule has 110 valence electrons. The van der Waals surface area contributed by atoms with Gasteiger partial charge in [-0.3, -0.25) is 4.79 Å². The fraction of sp³-hybridized carbons (Fsp3) is 0.562. The van der Waals surface area contributed by atoms with Crippen LogP contribution in [0.15, 0.2) is 24.3 Å². The summed E-state index contributed by atoms with van der Waals surface area (Å²) < 4.78 is 13.6. The van der Waals surface area contributed by atoms with Gasteiger partial charge in [0.15, 0.2) is 0 Å². The van der Waals surface area contributed by atoms with Gasteiger partial charge in [0.25, 0.3) is 0 Å². The number of nitrogens with zero attached hydrogens (tertiary/aromatic N) is 1. The highest BCUT2D eigenvalue weighted by Gasteiger charge is 2.19. The standard InChI is InChI=1S/C16H23FN2O/c1-13(20)18-11-14-5-4-9-19(12-14)10-8-15-6-2-3-7-16(15)17/h2-3,6-7,14H,4-5,8-12H2,1H3,(H,18,20). The molecular formula is C16H23FN2O. The molecule has 1 aromatic carbocycles. The summed E-state index contributed by atoms with van der Waals surface area (Å²) in [4.78, 5) is 13.3. The predicted octanol–water partition coefficient (Wildman–Crippen LogP) is 2.22. The minimum absolute atomic E-state index is 0.0356. The van der Waals surface area contributed by atoms with Crippen molar-refractivity contribution in [1.29, 1.82) is 0 Å². The van der Waals surface area contributed by atoms with Crippen LogP contribution in [0.5, 0.6) is 0 Å². The van der Waals surface area contributed by atoms with Gasteiger partial charge in [-0.2, -0.15) is 0 Å². The number of carbonyl (C=O) groups excluding carboxylic acids is 1. The number of rotatable bonds is 5. The van der Waals surface area contributed by atoms with E-state index in [1.54, 1.807) is 13.0 Å². The van der Waals surface area contributed by atoms with Crippen LogP contribution >= 0.6 is 0 Å². The lowest BCUT2D eigenvalue weighted by molar-refractivity contribution is -0.119. The second-order valence-electron chi connectivity index (χ2n) is 5.59. The van der Waals surface area contributed by atoms with Gasteiger partial charge in [0, 0.05) is 26.6 Å². The van der Waals surface area contributed by atoms with Crippen LogP contribution in [0, 0.1) is 11.7 Å². The monoisotopic (exact) mass is 278 g/mol. The molecule has 4 heteroatoms. The first kappa shape index (κ1) is 15.0. The number of halogens is 1. The van der Waals surface area contributed by atoms with E-state index >= 15 is 0 Å². The van der Waals surface area contributed by atoms with Crippen molar-refractivity contribution in [2.24, 2.45) is 5.92 Å². The van der Waals surface area contributed by atoms with Gasteiger partial charge in [0.05, 0.1) is 0 Å². The van der Waals surface area contributed by atoms with E-state index in [-0.39, 0.29) is 11.7 Å². The number of carbonyl (C=O) groups is 1. The van der Waals surface area contributed by atoms with Gasteiger partial charge in [-0.15, -0.1) is 0 Å². The minimum atomic E-state index is -0.112. The summed E-state index contributed by atoms with van der Waals surface area (Å²) >= 11 is 0.